The highest BCUT2D eigenvalue weighted by atomic mass is 19.1. The Morgan fingerprint density at radius 3 is 2.78 bits per heavy atom. The molecule has 7 nitrogen and oxygen atoms in total. The number of benzene rings is 3. The predicted molar refractivity (Wildman–Crippen MR) is 117 cm³/mol. The van der Waals surface area contributed by atoms with Crippen LogP contribution in [0.15, 0.2) is 59.6 Å². The van der Waals surface area contributed by atoms with Crippen molar-refractivity contribution < 1.29 is 19.4 Å². The van der Waals surface area contributed by atoms with E-state index in [9.17, 15) is 24.7 Å². The van der Waals surface area contributed by atoms with Gasteiger partial charge in [-0.05, 0) is 54.4 Å². The summed E-state index contributed by atoms with van der Waals surface area (Å²) in [6, 6.07) is 15.7. The Kier molecular flexibility index (Phi) is 5.58. The van der Waals surface area contributed by atoms with Crippen molar-refractivity contribution in [2.45, 2.75) is 19.7 Å². The maximum atomic E-state index is 13.5. The van der Waals surface area contributed by atoms with Crippen molar-refractivity contribution in [1.29, 1.82) is 5.26 Å². The van der Waals surface area contributed by atoms with Crippen LogP contribution < -0.4 is 5.32 Å². The summed E-state index contributed by atoms with van der Waals surface area (Å²) in [6.07, 6.45) is 0.352. The van der Waals surface area contributed by atoms with Gasteiger partial charge in [-0.15, -0.1) is 0 Å². The van der Waals surface area contributed by atoms with Crippen LogP contribution in [0.1, 0.15) is 38.8 Å². The number of anilines is 1. The van der Waals surface area contributed by atoms with Crippen LogP contribution in [-0.2, 0) is 6.54 Å². The molecule has 32 heavy (non-hydrogen) atoms. The van der Waals surface area contributed by atoms with Crippen molar-refractivity contribution in [1.82, 2.24) is 4.90 Å². The summed E-state index contributed by atoms with van der Waals surface area (Å²) in [6.45, 7) is 1.81. The zero-order valence-electron chi connectivity index (χ0n) is 17.1. The molecular weight excluding hydrogens is 411 g/mol. The maximum absolute atomic E-state index is 13.5. The molecule has 0 spiro atoms. The molecule has 4 rings (SSSR count). The lowest BCUT2D eigenvalue weighted by molar-refractivity contribution is 0.0501. The third-order valence-electron chi connectivity index (χ3n) is 5.19. The summed E-state index contributed by atoms with van der Waals surface area (Å²) in [5.74, 6) is -1.05. The average molecular weight is 430 g/mol. The van der Waals surface area contributed by atoms with E-state index in [1.54, 1.807) is 37.3 Å². The maximum Gasteiger partial charge on any atom is 0.255 e. The first-order valence-corrected chi connectivity index (χ1v) is 9.78. The van der Waals surface area contributed by atoms with Gasteiger partial charge in [0.2, 0.25) is 0 Å². The number of aliphatic hydroxyl groups excluding tert-OH is 1. The van der Waals surface area contributed by atoms with E-state index in [1.165, 1.54) is 35.5 Å². The number of fused-ring (bicyclic) bond motifs is 1. The number of phenols is 1. The molecule has 1 unspecified atom stereocenters. The fraction of sp³-hybridized carbons (Fsp3) is 0.125. The lowest BCUT2D eigenvalue weighted by Crippen LogP contribution is -2.30. The van der Waals surface area contributed by atoms with Crippen molar-refractivity contribution in [2.75, 3.05) is 5.32 Å². The van der Waals surface area contributed by atoms with E-state index < -0.39 is 12.1 Å². The van der Waals surface area contributed by atoms with E-state index in [1.807, 2.05) is 6.07 Å². The van der Waals surface area contributed by atoms with E-state index >= 15 is 0 Å². The zero-order valence-corrected chi connectivity index (χ0v) is 17.1. The number of phenolic OH excluding ortho intramolecular Hbond substituents is 1. The second-order valence-electron chi connectivity index (χ2n) is 7.41. The molecule has 3 aromatic carbocycles. The number of carbonyl (C=O) groups excluding carboxylic acids is 1. The van der Waals surface area contributed by atoms with E-state index in [4.69, 9.17) is 0 Å². The summed E-state index contributed by atoms with van der Waals surface area (Å²) in [7, 11) is 0. The first kappa shape index (κ1) is 21.0. The van der Waals surface area contributed by atoms with Crippen LogP contribution in [0.2, 0.25) is 0 Å². The summed E-state index contributed by atoms with van der Waals surface area (Å²) in [5.41, 5.74) is 2.49. The fourth-order valence-electron chi connectivity index (χ4n) is 3.58. The van der Waals surface area contributed by atoms with Crippen molar-refractivity contribution in [2.24, 2.45) is 4.99 Å². The molecule has 3 aromatic rings. The van der Waals surface area contributed by atoms with Gasteiger partial charge in [-0.3, -0.25) is 4.79 Å². The van der Waals surface area contributed by atoms with Gasteiger partial charge in [-0.2, -0.15) is 5.26 Å². The lowest BCUT2D eigenvalue weighted by Gasteiger charge is -2.31. The fourth-order valence-corrected chi connectivity index (χ4v) is 3.58. The number of carbonyl (C=O) groups is 1. The molecule has 1 heterocycles. The Bertz CT molecular complexity index is 1280. The number of aryl methyl sites for hydroxylation is 1. The smallest absolute Gasteiger partial charge is 0.255 e. The van der Waals surface area contributed by atoms with Gasteiger partial charge in [0.05, 0.1) is 28.8 Å². The molecule has 0 saturated heterocycles. The minimum atomic E-state index is -1.13. The van der Waals surface area contributed by atoms with Crippen LogP contribution in [0.4, 0.5) is 15.8 Å². The number of hydrogen-bond donors (Lipinski definition) is 3. The van der Waals surface area contributed by atoms with Crippen molar-refractivity contribution in [3.63, 3.8) is 0 Å². The van der Waals surface area contributed by atoms with E-state index in [-0.39, 0.29) is 29.2 Å². The molecule has 0 aromatic heterocycles. The van der Waals surface area contributed by atoms with Gasteiger partial charge >= 0.3 is 0 Å². The number of rotatable bonds is 4. The molecule has 1 aliphatic heterocycles. The standard InChI is InChI=1S/C24H19FN4O3/c1-14-8-16(10-17(11-26)22(14)30)23(31)28-20-7-3-6-19-21(20)24(32)29(13-27-19)12-15-4-2-5-18(25)9-15/h2-10,13,24,30,32H,12H2,1H3,(H,28,31). The number of nitrogens with zero attached hydrogens (tertiary/aromatic N) is 3. The SMILES string of the molecule is Cc1cc(C(=O)Nc2cccc3c2C(O)N(Cc2cccc(F)c2)C=N3)cc(C#N)c1O. The van der Waals surface area contributed by atoms with Crippen molar-refractivity contribution in [3.05, 3.63) is 88.2 Å². The van der Waals surface area contributed by atoms with Crippen LogP contribution in [0, 0.1) is 24.1 Å². The third kappa shape index (κ3) is 4.02. The van der Waals surface area contributed by atoms with Gasteiger partial charge in [0.15, 0.2) is 6.23 Å². The van der Waals surface area contributed by atoms with Crippen molar-refractivity contribution >= 4 is 23.6 Å². The summed E-state index contributed by atoms with van der Waals surface area (Å²) in [5, 5.41) is 32.9. The number of aliphatic imine (C=N–C) groups is 1. The number of aliphatic hydroxyl groups is 1. The monoisotopic (exact) mass is 430 g/mol. The van der Waals surface area contributed by atoms with Gasteiger partial charge < -0.3 is 20.4 Å². The van der Waals surface area contributed by atoms with Gasteiger partial charge in [0.25, 0.3) is 5.91 Å². The summed E-state index contributed by atoms with van der Waals surface area (Å²) in [4.78, 5) is 18.8. The normalized spacial score (nSPS) is 14.6. The number of hydrogen-bond acceptors (Lipinski definition) is 6. The third-order valence-corrected chi connectivity index (χ3v) is 5.19. The molecule has 1 atom stereocenters. The summed E-state index contributed by atoms with van der Waals surface area (Å²) >= 11 is 0. The topological polar surface area (TPSA) is 109 Å². The molecule has 1 amide bonds. The summed E-state index contributed by atoms with van der Waals surface area (Å²) < 4.78 is 13.5. The number of nitriles is 1. The molecule has 0 aliphatic carbocycles. The second kappa shape index (κ2) is 8.49. The molecule has 160 valence electrons. The number of amides is 1. The second-order valence-corrected chi connectivity index (χ2v) is 7.41. The Hall–Kier alpha value is -4.22. The quantitative estimate of drug-likeness (QED) is 0.577. The largest absolute Gasteiger partial charge is 0.506 e. The van der Waals surface area contributed by atoms with Crippen LogP contribution in [0.5, 0.6) is 5.75 Å². The highest BCUT2D eigenvalue weighted by molar-refractivity contribution is 6.05. The molecule has 0 radical (unpaired) electrons. The molecule has 8 heteroatoms. The minimum Gasteiger partial charge on any atom is -0.506 e. The predicted octanol–water partition coefficient (Wildman–Crippen LogP) is 4.13. The van der Waals surface area contributed by atoms with Gasteiger partial charge in [-0.1, -0.05) is 18.2 Å². The highest BCUT2D eigenvalue weighted by Gasteiger charge is 2.26. The number of halogens is 1. The van der Waals surface area contributed by atoms with Crippen LogP contribution in [0.3, 0.4) is 0 Å². The molecule has 3 N–H and O–H groups in total. The Labute approximate surface area is 183 Å². The first-order chi connectivity index (χ1) is 15.4. The van der Waals surface area contributed by atoms with Crippen LogP contribution in [0.25, 0.3) is 0 Å². The average Bonchev–Trinajstić information content (AvgIpc) is 2.77. The van der Waals surface area contributed by atoms with Gasteiger partial charge in [-0.25, -0.2) is 9.38 Å². The Balaban J connectivity index is 1.62. The lowest BCUT2D eigenvalue weighted by atomic mass is 10.0. The first-order valence-electron chi connectivity index (χ1n) is 9.78. The Morgan fingerprint density at radius 1 is 1.25 bits per heavy atom. The highest BCUT2D eigenvalue weighted by Crippen LogP contribution is 2.38. The van der Waals surface area contributed by atoms with Crippen LogP contribution >= 0.6 is 0 Å². The van der Waals surface area contributed by atoms with Crippen molar-refractivity contribution in [3.8, 4) is 11.8 Å². The number of nitrogens with one attached hydrogen (secondary N) is 1. The number of aromatic hydroxyl groups is 1. The van der Waals surface area contributed by atoms with Crippen LogP contribution in [-0.4, -0.2) is 27.4 Å². The molecule has 0 fully saturated rings. The zero-order chi connectivity index (χ0) is 22.8. The molecular formula is C24H19FN4O3. The molecule has 0 bridgehead atoms. The van der Waals surface area contributed by atoms with E-state index in [0.29, 0.717) is 28.1 Å². The minimum absolute atomic E-state index is 0.00357. The molecule has 0 saturated carbocycles. The van der Waals surface area contributed by atoms with E-state index in [2.05, 4.69) is 10.3 Å². The molecule has 1 aliphatic rings. The van der Waals surface area contributed by atoms with Gasteiger partial charge in [0.1, 0.15) is 17.6 Å². The Morgan fingerprint density at radius 2 is 2.03 bits per heavy atom. The van der Waals surface area contributed by atoms with Gasteiger partial charge in [0, 0.05) is 12.1 Å². The van der Waals surface area contributed by atoms with E-state index in [0.717, 1.165) is 0 Å².